The molecular formula is C17H24N4O2. The van der Waals surface area contributed by atoms with Crippen LogP contribution in [-0.4, -0.2) is 22.3 Å². The highest BCUT2D eigenvalue weighted by Crippen LogP contribution is 2.18. The second kappa shape index (κ2) is 8.22. The number of para-hydroxylation sites is 1. The molecule has 6 nitrogen and oxygen atoms in total. The van der Waals surface area contributed by atoms with Crippen LogP contribution in [0.5, 0.6) is 5.75 Å². The van der Waals surface area contributed by atoms with Gasteiger partial charge in [-0.1, -0.05) is 25.1 Å². The van der Waals surface area contributed by atoms with Crippen molar-refractivity contribution in [3.63, 3.8) is 0 Å². The van der Waals surface area contributed by atoms with Gasteiger partial charge in [0.15, 0.2) is 0 Å². The fourth-order valence-electron chi connectivity index (χ4n) is 2.11. The van der Waals surface area contributed by atoms with Crippen molar-refractivity contribution in [3.05, 3.63) is 47.3 Å². The second-order valence-corrected chi connectivity index (χ2v) is 5.55. The Morgan fingerprint density at radius 3 is 2.70 bits per heavy atom. The molecule has 0 radical (unpaired) electrons. The lowest BCUT2D eigenvalue weighted by Crippen LogP contribution is -2.34. The first kappa shape index (κ1) is 16.9. The molecule has 0 bridgehead atoms. The van der Waals surface area contributed by atoms with Crippen LogP contribution >= 0.6 is 0 Å². The molecule has 0 aliphatic carbocycles. The van der Waals surface area contributed by atoms with Gasteiger partial charge in [-0.05, 0) is 32.4 Å². The zero-order valence-electron chi connectivity index (χ0n) is 13.8. The SMILES string of the molecule is CCc1cc(CNC(=O)NCc2ccccc2OC(C)C)[nH]n1. The fraction of sp³-hybridized carbons (Fsp3) is 0.412. The Hall–Kier alpha value is -2.50. The van der Waals surface area contributed by atoms with Crippen LogP contribution in [0.15, 0.2) is 30.3 Å². The number of rotatable bonds is 7. The first-order chi connectivity index (χ1) is 11.1. The quantitative estimate of drug-likeness (QED) is 0.735. The summed E-state index contributed by atoms with van der Waals surface area (Å²) in [6.07, 6.45) is 0.966. The van der Waals surface area contributed by atoms with E-state index in [2.05, 4.69) is 20.8 Å². The molecule has 0 atom stereocenters. The number of H-pyrrole nitrogens is 1. The minimum absolute atomic E-state index is 0.0955. The number of hydrogen-bond donors (Lipinski definition) is 3. The van der Waals surface area contributed by atoms with Crippen LogP contribution in [-0.2, 0) is 19.5 Å². The summed E-state index contributed by atoms with van der Waals surface area (Å²) in [4.78, 5) is 11.9. The standard InChI is InChI=1S/C17H24N4O2/c1-4-14-9-15(21-20-14)11-19-17(22)18-10-13-7-5-6-8-16(13)23-12(2)3/h5-9,12H,4,10-11H2,1-3H3,(H,20,21)(H2,18,19,22). The number of carbonyl (C=O) groups excluding carboxylic acids is 1. The van der Waals surface area contributed by atoms with Crippen molar-refractivity contribution in [1.82, 2.24) is 20.8 Å². The smallest absolute Gasteiger partial charge is 0.315 e. The summed E-state index contributed by atoms with van der Waals surface area (Å²) in [7, 11) is 0. The highest BCUT2D eigenvalue weighted by atomic mass is 16.5. The van der Waals surface area contributed by atoms with Gasteiger partial charge < -0.3 is 15.4 Å². The highest BCUT2D eigenvalue weighted by Gasteiger charge is 2.07. The van der Waals surface area contributed by atoms with E-state index < -0.39 is 0 Å². The van der Waals surface area contributed by atoms with E-state index in [1.54, 1.807) is 0 Å². The van der Waals surface area contributed by atoms with Gasteiger partial charge in [0.25, 0.3) is 0 Å². The zero-order chi connectivity index (χ0) is 16.7. The van der Waals surface area contributed by atoms with Crippen LogP contribution in [0.25, 0.3) is 0 Å². The van der Waals surface area contributed by atoms with E-state index in [9.17, 15) is 4.79 Å². The Morgan fingerprint density at radius 2 is 2.00 bits per heavy atom. The van der Waals surface area contributed by atoms with Gasteiger partial charge in [-0.2, -0.15) is 5.10 Å². The highest BCUT2D eigenvalue weighted by molar-refractivity contribution is 5.73. The molecule has 1 aromatic carbocycles. The van der Waals surface area contributed by atoms with E-state index in [1.807, 2.05) is 51.1 Å². The van der Waals surface area contributed by atoms with Gasteiger partial charge >= 0.3 is 6.03 Å². The lowest BCUT2D eigenvalue weighted by Gasteiger charge is -2.14. The topological polar surface area (TPSA) is 79.0 Å². The largest absolute Gasteiger partial charge is 0.491 e. The summed E-state index contributed by atoms with van der Waals surface area (Å²) in [5.41, 5.74) is 2.83. The molecule has 0 aliphatic heterocycles. The molecule has 124 valence electrons. The number of nitrogens with one attached hydrogen (secondary N) is 3. The van der Waals surface area contributed by atoms with Gasteiger partial charge in [0.05, 0.1) is 24.0 Å². The fourth-order valence-corrected chi connectivity index (χ4v) is 2.11. The van der Waals surface area contributed by atoms with Crippen LogP contribution < -0.4 is 15.4 Å². The predicted octanol–water partition coefficient (Wildman–Crippen LogP) is 2.76. The van der Waals surface area contributed by atoms with Gasteiger partial charge in [0, 0.05) is 12.1 Å². The Labute approximate surface area is 136 Å². The average Bonchev–Trinajstić information content (AvgIpc) is 2.99. The lowest BCUT2D eigenvalue weighted by atomic mass is 10.2. The maximum absolute atomic E-state index is 11.9. The van der Waals surface area contributed by atoms with Gasteiger partial charge in [0.1, 0.15) is 5.75 Å². The number of carbonyl (C=O) groups is 1. The lowest BCUT2D eigenvalue weighted by molar-refractivity contribution is 0.235. The number of benzene rings is 1. The predicted molar refractivity (Wildman–Crippen MR) is 89.2 cm³/mol. The number of amides is 2. The molecule has 0 fully saturated rings. The van der Waals surface area contributed by atoms with Crippen molar-refractivity contribution in [3.8, 4) is 5.75 Å². The molecule has 3 N–H and O–H groups in total. The summed E-state index contributed by atoms with van der Waals surface area (Å²) in [6, 6.07) is 9.43. The number of ether oxygens (including phenoxy) is 1. The summed E-state index contributed by atoms with van der Waals surface area (Å²) in [5, 5.41) is 12.7. The second-order valence-electron chi connectivity index (χ2n) is 5.55. The Bertz CT molecular complexity index is 637. The Morgan fingerprint density at radius 1 is 1.26 bits per heavy atom. The van der Waals surface area contributed by atoms with E-state index in [0.717, 1.165) is 29.1 Å². The third-order valence-electron chi connectivity index (χ3n) is 3.26. The zero-order valence-corrected chi connectivity index (χ0v) is 13.8. The van der Waals surface area contributed by atoms with Gasteiger partial charge in [-0.3, -0.25) is 5.10 Å². The summed E-state index contributed by atoms with van der Waals surface area (Å²) >= 11 is 0. The molecule has 0 saturated carbocycles. The molecule has 0 aliphatic rings. The van der Waals surface area contributed by atoms with Crippen LogP contribution in [0.1, 0.15) is 37.7 Å². The molecule has 6 heteroatoms. The molecule has 0 saturated heterocycles. The molecule has 0 unspecified atom stereocenters. The molecule has 2 aromatic rings. The molecule has 1 heterocycles. The van der Waals surface area contributed by atoms with E-state index in [0.29, 0.717) is 13.1 Å². The third-order valence-corrected chi connectivity index (χ3v) is 3.26. The van der Waals surface area contributed by atoms with E-state index in [-0.39, 0.29) is 12.1 Å². The van der Waals surface area contributed by atoms with Crippen LogP contribution in [0.3, 0.4) is 0 Å². The van der Waals surface area contributed by atoms with E-state index in [1.165, 1.54) is 0 Å². The Kier molecular flexibility index (Phi) is 6.02. The van der Waals surface area contributed by atoms with Crippen LogP contribution in [0.4, 0.5) is 4.79 Å². The number of aromatic amines is 1. The number of aryl methyl sites for hydroxylation is 1. The van der Waals surface area contributed by atoms with Crippen LogP contribution in [0.2, 0.25) is 0 Å². The molecular weight excluding hydrogens is 292 g/mol. The van der Waals surface area contributed by atoms with Crippen molar-refractivity contribution in [2.45, 2.75) is 46.4 Å². The average molecular weight is 316 g/mol. The maximum atomic E-state index is 11.9. The normalized spacial score (nSPS) is 10.6. The van der Waals surface area contributed by atoms with E-state index in [4.69, 9.17) is 4.74 Å². The molecule has 2 amide bonds. The first-order valence-corrected chi connectivity index (χ1v) is 7.88. The van der Waals surface area contributed by atoms with Crippen molar-refractivity contribution >= 4 is 6.03 Å². The third kappa shape index (κ3) is 5.32. The maximum Gasteiger partial charge on any atom is 0.315 e. The number of aromatic nitrogens is 2. The summed E-state index contributed by atoms with van der Waals surface area (Å²) in [6.45, 7) is 6.83. The van der Waals surface area contributed by atoms with Crippen molar-refractivity contribution < 1.29 is 9.53 Å². The van der Waals surface area contributed by atoms with Crippen LogP contribution in [0, 0.1) is 0 Å². The number of urea groups is 1. The van der Waals surface area contributed by atoms with Crippen molar-refractivity contribution in [1.29, 1.82) is 0 Å². The molecule has 2 rings (SSSR count). The molecule has 23 heavy (non-hydrogen) atoms. The van der Waals surface area contributed by atoms with Gasteiger partial charge in [0.2, 0.25) is 0 Å². The number of hydrogen-bond acceptors (Lipinski definition) is 3. The van der Waals surface area contributed by atoms with Gasteiger partial charge in [-0.15, -0.1) is 0 Å². The van der Waals surface area contributed by atoms with Crippen molar-refractivity contribution in [2.24, 2.45) is 0 Å². The molecule has 0 spiro atoms. The minimum Gasteiger partial charge on any atom is -0.491 e. The van der Waals surface area contributed by atoms with E-state index >= 15 is 0 Å². The van der Waals surface area contributed by atoms with Gasteiger partial charge in [-0.25, -0.2) is 4.79 Å². The Balaban J connectivity index is 1.82. The monoisotopic (exact) mass is 316 g/mol. The summed E-state index contributed by atoms with van der Waals surface area (Å²) in [5.74, 6) is 0.795. The number of nitrogens with zero attached hydrogens (tertiary/aromatic N) is 1. The van der Waals surface area contributed by atoms with Crippen molar-refractivity contribution in [2.75, 3.05) is 0 Å². The molecule has 1 aromatic heterocycles. The minimum atomic E-state index is -0.225. The first-order valence-electron chi connectivity index (χ1n) is 7.88. The summed E-state index contributed by atoms with van der Waals surface area (Å²) < 4.78 is 5.74.